The second-order valence-corrected chi connectivity index (χ2v) is 10.9. The minimum absolute atomic E-state index is 0.0196. The third kappa shape index (κ3) is 5.69. The highest BCUT2D eigenvalue weighted by Gasteiger charge is 2.72. The van der Waals surface area contributed by atoms with E-state index < -0.39 is 0 Å². The molecule has 6 atom stereocenters. The Morgan fingerprint density at radius 2 is 2.00 bits per heavy atom. The first-order chi connectivity index (χ1) is 16.3. The fraction of sp³-hybridized carbons (Fsp3) is 0.593. The van der Waals surface area contributed by atoms with Gasteiger partial charge in [0.05, 0.1) is 25.2 Å². The molecule has 34 heavy (non-hydrogen) atoms. The summed E-state index contributed by atoms with van der Waals surface area (Å²) in [5.41, 5.74) is 1.62. The van der Waals surface area contributed by atoms with E-state index in [-0.39, 0.29) is 41.4 Å². The van der Waals surface area contributed by atoms with E-state index in [1.165, 1.54) is 11.6 Å². The number of halogens is 1. The number of carbonyl (C=O) groups is 1. The van der Waals surface area contributed by atoms with Gasteiger partial charge in [-0.05, 0) is 63.8 Å². The maximum atomic E-state index is 12.7. The molecule has 1 spiro atoms. The van der Waals surface area contributed by atoms with Gasteiger partial charge in [-0.3, -0.25) is 0 Å². The van der Waals surface area contributed by atoms with Crippen molar-refractivity contribution in [3.63, 3.8) is 0 Å². The molecule has 7 heteroatoms. The molecule has 0 N–H and O–H groups in total. The summed E-state index contributed by atoms with van der Waals surface area (Å²) in [7, 11) is 1.69. The maximum absolute atomic E-state index is 12.7. The molecule has 1 aromatic rings. The van der Waals surface area contributed by atoms with E-state index in [0.717, 1.165) is 28.6 Å². The molecule has 3 fully saturated rings. The highest BCUT2D eigenvalue weighted by molar-refractivity contribution is 14.1. The molecule has 0 amide bonds. The van der Waals surface area contributed by atoms with Crippen molar-refractivity contribution in [2.75, 3.05) is 24.8 Å². The van der Waals surface area contributed by atoms with E-state index in [4.69, 9.17) is 23.7 Å². The van der Waals surface area contributed by atoms with Crippen LogP contribution in [0.5, 0.6) is 5.75 Å². The van der Waals surface area contributed by atoms with Gasteiger partial charge in [0.15, 0.2) is 0 Å². The highest BCUT2D eigenvalue weighted by Crippen LogP contribution is 2.59. The van der Waals surface area contributed by atoms with E-state index in [0.29, 0.717) is 19.6 Å². The number of alkyl halides is 1. The molecule has 186 valence electrons. The van der Waals surface area contributed by atoms with Crippen LogP contribution in [0, 0.1) is 5.92 Å². The van der Waals surface area contributed by atoms with Gasteiger partial charge in [-0.1, -0.05) is 46.4 Å². The van der Waals surface area contributed by atoms with Gasteiger partial charge in [-0.15, -0.1) is 0 Å². The third-order valence-corrected chi connectivity index (χ3v) is 7.58. The van der Waals surface area contributed by atoms with Crippen LogP contribution in [0.1, 0.15) is 45.6 Å². The Hall–Kier alpha value is -1.42. The first-order valence-corrected chi connectivity index (χ1v) is 13.5. The number of rotatable bonds is 10. The molecule has 0 radical (unpaired) electrons. The van der Waals surface area contributed by atoms with E-state index >= 15 is 0 Å². The molecule has 0 unspecified atom stereocenters. The average molecular weight is 582 g/mol. The largest absolute Gasteiger partial charge is 0.493 e. The molecule has 1 aliphatic carbocycles. The van der Waals surface area contributed by atoms with Crippen LogP contribution < -0.4 is 4.74 Å². The van der Waals surface area contributed by atoms with Gasteiger partial charge in [0, 0.05) is 17.6 Å². The number of carbonyl (C=O) groups excluding carboxylic acids is 1. The highest BCUT2D eigenvalue weighted by atomic mass is 127. The number of ether oxygens (including phenoxy) is 5. The molecule has 3 aliphatic rings. The van der Waals surface area contributed by atoms with Crippen LogP contribution in [-0.4, -0.2) is 60.2 Å². The first-order valence-electron chi connectivity index (χ1n) is 12.0. The number of benzene rings is 1. The summed E-state index contributed by atoms with van der Waals surface area (Å²) in [5.74, 6) is 0.473. The smallest absolute Gasteiger partial charge is 0.331 e. The van der Waals surface area contributed by atoms with Gasteiger partial charge in [0.2, 0.25) is 0 Å². The van der Waals surface area contributed by atoms with Gasteiger partial charge in [-0.2, -0.15) is 0 Å². The Bertz CT molecular complexity index is 918. The minimum atomic E-state index is -0.369. The average Bonchev–Trinajstić information content (AvgIpc) is 3.74. The Balaban J connectivity index is 1.39. The number of hydrogen-bond donors (Lipinski definition) is 0. The fourth-order valence-corrected chi connectivity index (χ4v) is 5.47. The van der Waals surface area contributed by atoms with Crippen LogP contribution in [0.3, 0.4) is 0 Å². The summed E-state index contributed by atoms with van der Waals surface area (Å²) in [6.45, 7) is 7.73. The quantitative estimate of drug-likeness (QED) is 0.0952. The second kappa shape index (κ2) is 10.7. The third-order valence-electron chi connectivity index (χ3n) is 7.14. The van der Waals surface area contributed by atoms with Crippen molar-refractivity contribution in [1.82, 2.24) is 0 Å². The van der Waals surface area contributed by atoms with Crippen molar-refractivity contribution in [3.8, 4) is 5.75 Å². The van der Waals surface area contributed by atoms with Gasteiger partial charge >= 0.3 is 5.97 Å². The van der Waals surface area contributed by atoms with E-state index in [1.807, 2.05) is 24.3 Å². The lowest BCUT2D eigenvalue weighted by atomic mass is 9.68. The molecule has 6 nitrogen and oxygen atoms in total. The summed E-state index contributed by atoms with van der Waals surface area (Å²) in [5, 5.41) is 0. The van der Waals surface area contributed by atoms with Gasteiger partial charge in [0.25, 0.3) is 0 Å². The molecular formula is C27H35IO6. The number of methoxy groups -OCH3 is 1. The number of esters is 1. The Morgan fingerprint density at radius 1 is 1.26 bits per heavy atom. The zero-order valence-corrected chi connectivity index (χ0v) is 22.6. The first kappa shape index (κ1) is 25.7. The van der Waals surface area contributed by atoms with Crippen LogP contribution in [0.25, 0.3) is 6.08 Å². The van der Waals surface area contributed by atoms with Crippen molar-refractivity contribution in [3.05, 3.63) is 47.6 Å². The molecule has 1 saturated carbocycles. The van der Waals surface area contributed by atoms with E-state index in [9.17, 15) is 4.79 Å². The zero-order chi connectivity index (χ0) is 24.3. The van der Waals surface area contributed by atoms with Crippen LogP contribution in [0.4, 0.5) is 0 Å². The van der Waals surface area contributed by atoms with Gasteiger partial charge in [0.1, 0.15) is 29.2 Å². The van der Waals surface area contributed by atoms with Crippen molar-refractivity contribution in [2.24, 2.45) is 5.92 Å². The monoisotopic (exact) mass is 582 g/mol. The van der Waals surface area contributed by atoms with E-state index in [1.54, 1.807) is 13.2 Å². The molecule has 2 aliphatic heterocycles. The fourth-order valence-electron chi connectivity index (χ4n) is 5.25. The SMILES string of the molecule is CO[C@@H]1[C@H](OC(=O)/C=C/c2ccc(OCCI)cc2)CC[C@]2(CO2)[C@H]1[C@@]1(C)O[C@@H]1CC=C(C)C. The number of hydrogen-bond acceptors (Lipinski definition) is 6. The second-order valence-electron chi connectivity index (χ2n) is 9.79. The van der Waals surface area contributed by atoms with Crippen molar-refractivity contribution < 1.29 is 28.5 Å². The summed E-state index contributed by atoms with van der Waals surface area (Å²) >= 11 is 2.28. The Morgan fingerprint density at radius 3 is 2.62 bits per heavy atom. The molecule has 1 aromatic carbocycles. The van der Waals surface area contributed by atoms with Gasteiger partial charge in [-0.25, -0.2) is 4.79 Å². The molecular weight excluding hydrogens is 547 g/mol. The Kier molecular flexibility index (Phi) is 8.06. The molecule has 0 bridgehead atoms. The summed E-state index contributed by atoms with van der Waals surface area (Å²) in [6.07, 6.45) is 7.40. The predicted molar refractivity (Wildman–Crippen MR) is 139 cm³/mol. The van der Waals surface area contributed by atoms with E-state index in [2.05, 4.69) is 49.4 Å². The topological polar surface area (TPSA) is 69.8 Å². The van der Waals surface area contributed by atoms with Crippen molar-refractivity contribution in [1.29, 1.82) is 0 Å². The number of allylic oxidation sites excluding steroid dienone is 1. The number of epoxide rings is 2. The van der Waals surface area contributed by atoms with Crippen LogP contribution in [0.2, 0.25) is 0 Å². The van der Waals surface area contributed by atoms with Gasteiger partial charge < -0.3 is 23.7 Å². The van der Waals surface area contributed by atoms with Crippen molar-refractivity contribution in [2.45, 2.75) is 69.5 Å². The maximum Gasteiger partial charge on any atom is 0.331 e. The predicted octanol–water partition coefficient (Wildman–Crippen LogP) is 5.13. The summed E-state index contributed by atoms with van der Waals surface area (Å²) in [6, 6.07) is 7.65. The lowest BCUT2D eigenvalue weighted by molar-refractivity contribution is -0.166. The lowest BCUT2D eigenvalue weighted by Gasteiger charge is -2.42. The summed E-state index contributed by atoms with van der Waals surface area (Å²) < 4.78 is 30.6. The molecule has 0 aromatic heterocycles. The Labute approximate surface area is 216 Å². The molecule has 2 saturated heterocycles. The lowest BCUT2D eigenvalue weighted by Crippen LogP contribution is -2.55. The van der Waals surface area contributed by atoms with Crippen LogP contribution in [-0.2, 0) is 23.7 Å². The zero-order valence-electron chi connectivity index (χ0n) is 20.4. The van der Waals surface area contributed by atoms with Crippen LogP contribution in [0.15, 0.2) is 42.0 Å². The standard InChI is InChI=1S/C27H35IO6/c1-18(2)5-11-22-26(3,34-22)25-24(30-4)21(13-14-27(25)17-32-27)33-23(29)12-8-19-6-9-20(10-7-19)31-16-15-28/h5-10,12,21-22,24-25H,11,13-17H2,1-4H3/b12-8+/t21-,22-,24-,25-,26+,27+/m1/s1. The summed E-state index contributed by atoms with van der Waals surface area (Å²) in [4.78, 5) is 12.7. The molecule has 4 rings (SSSR count). The minimum Gasteiger partial charge on any atom is -0.493 e. The van der Waals surface area contributed by atoms with Crippen molar-refractivity contribution >= 4 is 34.6 Å². The van der Waals surface area contributed by atoms with Crippen LogP contribution >= 0.6 is 22.6 Å². The molecule has 2 heterocycles. The normalized spacial score (nSPS) is 34.1.